The van der Waals surface area contributed by atoms with Gasteiger partial charge in [-0.05, 0) is 12.8 Å². The molecule has 0 aliphatic rings. The summed E-state index contributed by atoms with van der Waals surface area (Å²) in [5.74, 6) is -0.920. The van der Waals surface area contributed by atoms with Crippen LogP contribution in [0.2, 0.25) is 0 Å². The topological polar surface area (TPSA) is 40.1 Å². The van der Waals surface area contributed by atoms with Crippen LogP contribution < -0.4 is 5.11 Å². The maximum absolute atomic E-state index is 10.5. The number of carboxylic acids is 1. The number of hydrogen-bond acceptors (Lipinski definition) is 2. The smallest absolute Gasteiger partial charge is 0.0473 e. The molecule has 0 N–H and O–H groups in total. The zero-order chi connectivity index (χ0) is 8.20. The van der Waals surface area contributed by atoms with Crippen molar-refractivity contribution in [2.75, 3.05) is 0 Å². The summed E-state index contributed by atoms with van der Waals surface area (Å²) in [6.07, 6.45) is 2.27. The first-order valence-corrected chi connectivity index (χ1v) is 3.78. The highest BCUT2D eigenvalue weighted by Crippen LogP contribution is 2.25. The van der Waals surface area contributed by atoms with Crippen molar-refractivity contribution in [2.45, 2.75) is 40.0 Å². The number of hydrogen-bond donors (Lipinski definition) is 0. The van der Waals surface area contributed by atoms with Crippen LogP contribution in [0.15, 0.2) is 0 Å². The van der Waals surface area contributed by atoms with Crippen molar-refractivity contribution in [1.82, 2.24) is 0 Å². The van der Waals surface area contributed by atoms with Crippen LogP contribution in [-0.2, 0) is 4.79 Å². The van der Waals surface area contributed by atoms with E-state index in [1.54, 1.807) is 6.92 Å². The zero-order valence-corrected chi connectivity index (χ0v) is 6.94. The van der Waals surface area contributed by atoms with Crippen LogP contribution in [0.4, 0.5) is 0 Å². The number of aliphatic carboxylic acids is 1. The SMILES string of the molecule is CCCC(C)(CC)C(=O)[O-]. The molecule has 0 aromatic rings. The van der Waals surface area contributed by atoms with E-state index in [0.29, 0.717) is 12.8 Å². The molecule has 0 heterocycles. The van der Waals surface area contributed by atoms with Crippen LogP contribution in [0.25, 0.3) is 0 Å². The molecule has 0 aromatic carbocycles. The Labute approximate surface area is 62.2 Å². The largest absolute Gasteiger partial charge is 0.550 e. The lowest BCUT2D eigenvalue weighted by Gasteiger charge is -2.28. The van der Waals surface area contributed by atoms with E-state index >= 15 is 0 Å². The number of rotatable bonds is 4. The molecule has 0 saturated heterocycles. The summed E-state index contributed by atoms with van der Waals surface area (Å²) < 4.78 is 0. The molecule has 2 nitrogen and oxygen atoms in total. The Bertz CT molecular complexity index is 120. The first kappa shape index (κ1) is 9.47. The predicted octanol–water partition coefficient (Wildman–Crippen LogP) is 0.953. The average Bonchev–Trinajstić information content (AvgIpc) is 1.88. The second-order valence-electron chi connectivity index (χ2n) is 2.95. The van der Waals surface area contributed by atoms with Gasteiger partial charge in [0, 0.05) is 11.4 Å². The van der Waals surface area contributed by atoms with Crippen LogP contribution in [-0.4, -0.2) is 5.97 Å². The second-order valence-corrected chi connectivity index (χ2v) is 2.95. The molecule has 0 aliphatic heterocycles. The van der Waals surface area contributed by atoms with Gasteiger partial charge in [-0.1, -0.05) is 27.2 Å². The van der Waals surface area contributed by atoms with Crippen molar-refractivity contribution in [3.63, 3.8) is 0 Å². The van der Waals surface area contributed by atoms with Gasteiger partial charge in [0.15, 0.2) is 0 Å². The van der Waals surface area contributed by atoms with Crippen molar-refractivity contribution < 1.29 is 9.90 Å². The minimum absolute atomic E-state index is 0.602. The second kappa shape index (κ2) is 3.59. The van der Waals surface area contributed by atoms with Gasteiger partial charge in [-0.15, -0.1) is 0 Å². The Morgan fingerprint density at radius 1 is 1.50 bits per heavy atom. The van der Waals surface area contributed by atoms with Crippen LogP contribution >= 0.6 is 0 Å². The van der Waals surface area contributed by atoms with Gasteiger partial charge in [0.25, 0.3) is 0 Å². The fraction of sp³-hybridized carbons (Fsp3) is 0.875. The third-order valence-electron chi connectivity index (χ3n) is 2.07. The fourth-order valence-corrected chi connectivity index (χ4v) is 0.975. The van der Waals surface area contributed by atoms with Crippen molar-refractivity contribution >= 4 is 5.97 Å². The van der Waals surface area contributed by atoms with E-state index in [9.17, 15) is 9.90 Å². The third kappa shape index (κ3) is 2.01. The van der Waals surface area contributed by atoms with Crippen molar-refractivity contribution in [3.8, 4) is 0 Å². The van der Waals surface area contributed by atoms with Crippen molar-refractivity contribution in [1.29, 1.82) is 0 Å². The Kier molecular flexibility index (Phi) is 3.40. The summed E-state index contributed by atoms with van der Waals surface area (Å²) in [5, 5.41) is 10.5. The molecule has 0 saturated carbocycles. The molecule has 0 spiro atoms. The summed E-state index contributed by atoms with van der Waals surface area (Å²) in [7, 11) is 0. The van der Waals surface area contributed by atoms with E-state index in [1.165, 1.54) is 0 Å². The zero-order valence-electron chi connectivity index (χ0n) is 6.94. The van der Waals surface area contributed by atoms with Crippen LogP contribution in [0, 0.1) is 5.41 Å². The predicted molar refractivity (Wildman–Crippen MR) is 38.3 cm³/mol. The molecule has 2 heteroatoms. The van der Waals surface area contributed by atoms with E-state index in [4.69, 9.17) is 0 Å². The quantitative estimate of drug-likeness (QED) is 0.588. The van der Waals surface area contributed by atoms with E-state index in [1.807, 2.05) is 13.8 Å². The van der Waals surface area contributed by atoms with Gasteiger partial charge in [0.1, 0.15) is 0 Å². The minimum atomic E-state index is -0.920. The molecule has 0 radical (unpaired) electrons. The molecule has 0 amide bonds. The standard InChI is InChI=1S/C8H16O2/c1-4-6-8(3,5-2)7(9)10/h4-6H2,1-3H3,(H,9,10)/p-1. The molecule has 0 aromatic heterocycles. The molecular weight excluding hydrogens is 128 g/mol. The Morgan fingerprint density at radius 2 is 2.00 bits per heavy atom. The fourth-order valence-electron chi connectivity index (χ4n) is 0.975. The number of carbonyl (C=O) groups excluding carboxylic acids is 1. The first-order chi connectivity index (χ1) is 4.56. The Morgan fingerprint density at radius 3 is 2.10 bits per heavy atom. The summed E-state index contributed by atoms with van der Waals surface area (Å²) in [4.78, 5) is 10.5. The molecule has 1 atom stereocenters. The van der Waals surface area contributed by atoms with Gasteiger partial charge in [-0.3, -0.25) is 0 Å². The lowest BCUT2D eigenvalue weighted by atomic mass is 9.83. The van der Waals surface area contributed by atoms with Crippen LogP contribution in [0.3, 0.4) is 0 Å². The van der Waals surface area contributed by atoms with Crippen molar-refractivity contribution in [2.24, 2.45) is 5.41 Å². The highest BCUT2D eigenvalue weighted by Gasteiger charge is 2.21. The van der Waals surface area contributed by atoms with Gasteiger partial charge < -0.3 is 9.90 Å². The molecule has 1 unspecified atom stereocenters. The normalized spacial score (nSPS) is 16.3. The van der Waals surface area contributed by atoms with Gasteiger partial charge in [-0.2, -0.15) is 0 Å². The molecule has 0 bridgehead atoms. The van der Waals surface area contributed by atoms with Crippen molar-refractivity contribution in [3.05, 3.63) is 0 Å². The Balaban J connectivity index is 4.08. The molecule has 60 valence electrons. The molecule has 10 heavy (non-hydrogen) atoms. The highest BCUT2D eigenvalue weighted by molar-refractivity contribution is 5.71. The van der Waals surface area contributed by atoms with Gasteiger partial charge >= 0.3 is 0 Å². The number of carbonyl (C=O) groups is 1. The van der Waals surface area contributed by atoms with E-state index in [-0.39, 0.29) is 0 Å². The molecular formula is C8H15O2-. The highest BCUT2D eigenvalue weighted by atomic mass is 16.4. The molecule has 0 aliphatic carbocycles. The lowest BCUT2D eigenvalue weighted by molar-refractivity contribution is -0.319. The maximum Gasteiger partial charge on any atom is 0.0473 e. The van der Waals surface area contributed by atoms with Crippen LogP contribution in [0.1, 0.15) is 40.0 Å². The average molecular weight is 143 g/mol. The van der Waals surface area contributed by atoms with E-state index in [0.717, 1.165) is 6.42 Å². The summed E-state index contributed by atoms with van der Waals surface area (Å²) in [5.41, 5.74) is -0.602. The van der Waals surface area contributed by atoms with Crippen LogP contribution in [0.5, 0.6) is 0 Å². The molecule has 0 rings (SSSR count). The number of carboxylic acid groups (broad SMARTS) is 1. The van der Waals surface area contributed by atoms with Gasteiger partial charge in [0.05, 0.1) is 0 Å². The van der Waals surface area contributed by atoms with E-state index < -0.39 is 11.4 Å². The molecule has 0 fully saturated rings. The van der Waals surface area contributed by atoms with E-state index in [2.05, 4.69) is 0 Å². The first-order valence-electron chi connectivity index (χ1n) is 3.78. The maximum atomic E-state index is 10.5. The third-order valence-corrected chi connectivity index (χ3v) is 2.07. The summed E-state index contributed by atoms with van der Waals surface area (Å²) in [6.45, 7) is 5.61. The van der Waals surface area contributed by atoms with Gasteiger partial charge in [0.2, 0.25) is 0 Å². The minimum Gasteiger partial charge on any atom is -0.550 e. The van der Waals surface area contributed by atoms with Gasteiger partial charge in [-0.25, -0.2) is 0 Å². The summed E-state index contributed by atoms with van der Waals surface area (Å²) >= 11 is 0. The summed E-state index contributed by atoms with van der Waals surface area (Å²) in [6, 6.07) is 0. The Hall–Kier alpha value is -0.530. The monoisotopic (exact) mass is 143 g/mol. The lowest BCUT2D eigenvalue weighted by Crippen LogP contribution is -2.39.